The van der Waals surface area contributed by atoms with E-state index in [4.69, 9.17) is 15.0 Å². The predicted octanol–water partition coefficient (Wildman–Crippen LogP) is 3.32. The number of hydrogen-bond acceptors (Lipinski definition) is 5. The summed E-state index contributed by atoms with van der Waals surface area (Å²) in [7, 11) is 0. The fraction of sp³-hybridized carbons (Fsp3) is 0.867. The standard InChI is InChI=1S/C15H27BrO5/c1-10(2)14(21-18)12-6-5-11(7-13(12)17)8-19-20-9-15(3,4)16/h11-14,17-18H,1,5-9H2,2-4H3. The third-order valence-electron chi connectivity index (χ3n) is 3.75. The first-order valence-electron chi connectivity index (χ1n) is 7.31. The van der Waals surface area contributed by atoms with Gasteiger partial charge in [-0.3, -0.25) is 5.26 Å². The smallest absolute Gasteiger partial charge is 0.118 e. The van der Waals surface area contributed by atoms with Gasteiger partial charge in [0, 0.05) is 10.2 Å². The topological polar surface area (TPSA) is 68.2 Å². The SMILES string of the molecule is C=C(C)C(OO)C1CCC(COOCC(C)(C)Br)CC1O. The minimum atomic E-state index is -0.534. The van der Waals surface area contributed by atoms with Crippen molar-refractivity contribution >= 4 is 15.9 Å². The highest BCUT2D eigenvalue weighted by molar-refractivity contribution is 9.10. The average Bonchev–Trinajstić information content (AvgIpc) is 2.36. The van der Waals surface area contributed by atoms with Crippen molar-refractivity contribution in [3.05, 3.63) is 12.2 Å². The molecule has 5 nitrogen and oxygen atoms in total. The molecule has 6 heteroatoms. The van der Waals surface area contributed by atoms with Gasteiger partial charge >= 0.3 is 0 Å². The van der Waals surface area contributed by atoms with Gasteiger partial charge < -0.3 is 5.11 Å². The van der Waals surface area contributed by atoms with Crippen LogP contribution in [0.3, 0.4) is 0 Å². The Hall–Kier alpha value is 0.0200. The van der Waals surface area contributed by atoms with Crippen LogP contribution in [-0.4, -0.2) is 40.1 Å². The van der Waals surface area contributed by atoms with Crippen LogP contribution in [0, 0.1) is 11.8 Å². The number of rotatable bonds is 8. The van der Waals surface area contributed by atoms with Crippen LogP contribution in [0.2, 0.25) is 0 Å². The van der Waals surface area contributed by atoms with Crippen LogP contribution in [0.1, 0.15) is 40.0 Å². The number of aliphatic hydroxyl groups excluding tert-OH is 1. The lowest BCUT2D eigenvalue weighted by atomic mass is 9.76. The molecule has 0 saturated heterocycles. The molecule has 0 amide bonds. The maximum atomic E-state index is 10.2. The van der Waals surface area contributed by atoms with Gasteiger partial charge in [0.1, 0.15) is 6.10 Å². The Kier molecular flexibility index (Phi) is 7.81. The second-order valence-corrected chi connectivity index (χ2v) is 8.69. The van der Waals surface area contributed by atoms with Crippen LogP contribution in [0.5, 0.6) is 0 Å². The van der Waals surface area contributed by atoms with Crippen molar-refractivity contribution in [2.75, 3.05) is 13.2 Å². The minimum absolute atomic E-state index is 0.114. The molecular formula is C15H27BrO5. The molecule has 124 valence electrons. The van der Waals surface area contributed by atoms with Crippen molar-refractivity contribution in [1.29, 1.82) is 0 Å². The summed E-state index contributed by atoms with van der Waals surface area (Å²) in [6.07, 6.45) is 1.23. The van der Waals surface area contributed by atoms with Gasteiger partial charge in [0.15, 0.2) is 0 Å². The molecule has 1 saturated carbocycles. The van der Waals surface area contributed by atoms with Gasteiger partial charge in [0.05, 0.1) is 19.3 Å². The first kappa shape index (κ1) is 19.1. The van der Waals surface area contributed by atoms with Gasteiger partial charge in [-0.1, -0.05) is 22.5 Å². The Morgan fingerprint density at radius 1 is 1.38 bits per heavy atom. The van der Waals surface area contributed by atoms with Crippen molar-refractivity contribution in [3.8, 4) is 0 Å². The number of hydrogen-bond donors (Lipinski definition) is 2. The largest absolute Gasteiger partial charge is 0.393 e. The molecule has 1 rings (SSSR count). The molecule has 0 aromatic rings. The molecule has 0 spiro atoms. The lowest BCUT2D eigenvalue weighted by Gasteiger charge is -2.36. The summed E-state index contributed by atoms with van der Waals surface area (Å²) >= 11 is 3.47. The summed E-state index contributed by atoms with van der Waals surface area (Å²) in [5.41, 5.74) is 0.721. The Bertz CT molecular complexity index is 329. The van der Waals surface area contributed by atoms with Crippen molar-refractivity contribution in [1.82, 2.24) is 0 Å². The molecule has 21 heavy (non-hydrogen) atoms. The van der Waals surface area contributed by atoms with Crippen molar-refractivity contribution in [3.63, 3.8) is 0 Å². The Morgan fingerprint density at radius 2 is 2.05 bits per heavy atom. The molecular weight excluding hydrogens is 340 g/mol. The lowest BCUT2D eigenvalue weighted by Crippen LogP contribution is -2.39. The fourth-order valence-electron chi connectivity index (χ4n) is 2.62. The second-order valence-electron chi connectivity index (χ2n) is 6.55. The third kappa shape index (κ3) is 6.76. The Labute approximate surface area is 135 Å². The van der Waals surface area contributed by atoms with Gasteiger partial charge in [-0.2, -0.15) is 0 Å². The lowest BCUT2D eigenvalue weighted by molar-refractivity contribution is -0.309. The molecule has 1 aliphatic carbocycles. The predicted molar refractivity (Wildman–Crippen MR) is 84.1 cm³/mol. The molecule has 0 aliphatic heterocycles. The first-order chi connectivity index (χ1) is 9.74. The van der Waals surface area contributed by atoms with E-state index in [2.05, 4.69) is 27.4 Å². The highest BCUT2D eigenvalue weighted by atomic mass is 79.9. The van der Waals surface area contributed by atoms with E-state index in [-0.39, 0.29) is 16.2 Å². The molecule has 2 N–H and O–H groups in total. The molecule has 1 fully saturated rings. The molecule has 1 aliphatic rings. The molecule has 0 radical (unpaired) electrons. The van der Waals surface area contributed by atoms with Crippen LogP contribution in [0.25, 0.3) is 0 Å². The quantitative estimate of drug-likeness (QED) is 0.227. The zero-order valence-corrected chi connectivity index (χ0v) is 14.6. The van der Waals surface area contributed by atoms with E-state index < -0.39 is 12.2 Å². The first-order valence-corrected chi connectivity index (χ1v) is 8.11. The molecule has 0 aromatic heterocycles. The van der Waals surface area contributed by atoms with E-state index in [1.54, 1.807) is 6.92 Å². The van der Waals surface area contributed by atoms with Crippen LogP contribution in [-0.2, 0) is 14.7 Å². The van der Waals surface area contributed by atoms with E-state index in [1.807, 2.05) is 13.8 Å². The van der Waals surface area contributed by atoms with Gasteiger partial charge in [-0.15, -0.1) is 0 Å². The van der Waals surface area contributed by atoms with Crippen LogP contribution in [0.4, 0.5) is 0 Å². The number of halogens is 1. The maximum absolute atomic E-state index is 10.2. The highest BCUT2D eigenvalue weighted by Gasteiger charge is 2.36. The van der Waals surface area contributed by atoms with Crippen LogP contribution in [0.15, 0.2) is 12.2 Å². The molecule has 0 heterocycles. The third-order valence-corrected chi connectivity index (χ3v) is 3.98. The summed E-state index contributed by atoms with van der Waals surface area (Å²) in [6.45, 7) is 10.5. The maximum Gasteiger partial charge on any atom is 0.118 e. The fourth-order valence-corrected chi connectivity index (χ4v) is 2.71. The average molecular weight is 367 g/mol. The van der Waals surface area contributed by atoms with Gasteiger partial charge in [-0.05, 0) is 51.5 Å². The Morgan fingerprint density at radius 3 is 2.52 bits per heavy atom. The van der Waals surface area contributed by atoms with Crippen molar-refractivity contribution in [2.45, 2.75) is 56.6 Å². The number of aliphatic hydroxyl groups is 1. The summed E-state index contributed by atoms with van der Waals surface area (Å²) in [5, 5.41) is 19.2. The summed E-state index contributed by atoms with van der Waals surface area (Å²) in [5.74, 6) is 0.130. The summed E-state index contributed by atoms with van der Waals surface area (Å²) in [6, 6.07) is 0. The highest BCUT2D eigenvalue weighted by Crippen LogP contribution is 2.34. The van der Waals surface area contributed by atoms with E-state index in [9.17, 15) is 5.11 Å². The van der Waals surface area contributed by atoms with Crippen LogP contribution >= 0.6 is 15.9 Å². The zero-order valence-electron chi connectivity index (χ0n) is 13.0. The second kappa shape index (κ2) is 8.60. The molecule has 0 bridgehead atoms. The zero-order chi connectivity index (χ0) is 16.0. The van der Waals surface area contributed by atoms with Crippen LogP contribution < -0.4 is 0 Å². The number of alkyl halides is 1. The van der Waals surface area contributed by atoms with Gasteiger partial charge in [0.25, 0.3) is 0 Å². The minimum Gasteiger partial charge on any atom is -0.393 e. The summed E-state index contributed by atoms with van der Waals surface area (Å²) < 4.78 is -0.114. The monoisotopic (exact) mass is 366 g/mol. The van der Waals surface area contributed by atoms with Gasteiger partial charge in [0.2, 0.25) is 0 Å². The summed E-state index contributed by atoms with van der Waals surface area (Å²) in [4.78, 5) is 14.9. The molecule has 4 unspecified atom stereocenters. The van der Waals surface area contributed by atoms with Crippen molar-refractivity contribution < 1.29 is 25.0 Å². The normalized spacial score (nSPS) is 28.4. The van der Waals surface area contributed by atoms with E-state index >= 15 is 0 Å². The van der Waals surface area contributed by atoms with Crippen molar-refractivity contribution in [2.24, 2.45) is 11.8 Å². The molecule has 4 atom stereocenters. The Balaban J connectivity index is 2.34. The molecule has 0 aromatic carbocycles. The van der Waals surface area contributed by atoms with Gasteiger partial charge in [-0.25, -0.2) is 14.7 Å². The van der Waals surface area contributed by atoms with E-state index in [1.165, 1.54) is 0 Å². The van der Waals surface area contributed by atoms with E-state index in [0.717, 1.165) is 18.4 Å². The van der Waals surface area contributed by atoms with E-state index in [0.29, 0.717) is 19.6 Å².